The summed E-state index contributed by atoms with van der Waals surface area (Å²) < 4.78 is 4.79. The lowest BCUT2D eigenvalue weighted by Crippen LogP contribution is -2.33. The third-order valence-electron chi connectivity index (χ3n) is 2.03. The number of rotatable bonds is 2. The van der Waals surface area contributed by atoms with E-state index in [1.165, 1.54) is 0 Å². The molecule has 1 saturated carbocycles. The van der Waals surface area contributed by atoms with Gasteiger partial charge in [-0.25, -0.2) is 0 Å². The van der Waals surface area contributed by atoms with Gasteiger partial charge in [-0.3, -0.25) is 4.79 Å². The van der Waals surface area contributed by atoms with E-state index in [9.17, 15) is 4.79 Å². The molecular weight excluding hydrogens is 142 g/mol. The average molecular weight is 153 g/mol. The van der Waals surface area contributed by atoms with Crippen LogP contribution in [-0.4, -0.2) is 12.6 Å². The molecule has 3 heteroatoms. The van der Waals surface area contributed by atoms with Crippen molar-refractivity contribution in [1.82, 2.24) is 0 Å². The zero-order valence-corrected chi connectivity index (χ0v) is 6.54. The largest absolute Gasteiger partial charge is 0.466 e. The summed E-state index contributed by atoms with van der Waals surface area (Å²) in [5, 5.41) is 8.52. The molecule has 0 aromatic heterocycles. The Balaban J connectivity index is 2.37. The highest BCUT2D eigenvalue weighted by atomic mass is 16.5. The van der Waals surface area contributed by atoms with Crippen molar-refractivity contribution in [3.63, 3.8) is 0 Å². The normalized spacial score (nSPS) is 28.4. The molecule has 2 unspecified atom stereocenters. The second-order valence-electron chi connectivity index (χ2n) is 2.67. The standard InChI is InChI=1S/C8H11NO2/c1-2-11-8(10)7-4-3-6(7)5-9/h6-7H,2-4H2,1H3. The molecule has 1 aliphatic rings. The number of nitriles is 1. The maximum Gasteiger partial charge on any atom is 0.310 e. The van der Waals surface area contributed by atoms with Crippen LogP contribution in [0.4, 0.5) is 0 Å². The highest BCUT2D eigenvalue weighted by Crippen LogP contribution is 2.34. The number of ether oxygens (including phenoxy) is 1. The first kappa shape index (κ1) is 8.06. The molecule has 11 heavy (non-hydrogen) atoms. The van der Waals surface area contributed by atoms with E-state index in [4.69, 9.17) is 10.00 Å². The van der Waals surface area contributed by atoms with E-state index in [0.29, 0.717) is 6.61 Å². The minimum Gasteiger partial charge on any atom is -0.466 e. The second-order valence-corrected chi connectivity index (χ2v) is 2.67. The summed E-state index contributed by atoms with van der Waals surface area (Å²) in [6, 6.07) is 2.09. The molecule has 1 rings (SSSR count). The van der Waals surface area contributed by atoms with Crippen molar-refractivity contribution in [2.75, 3.05) is 6.61 Å². The van der Waals surface area contributed by atoms with Crippen LogP contribution < -0.4 is 0 Å². The summed E-state index contributed by atoms with van der Waals surface area (Å²) in [5.74, 6) is -0.431. The maximum absolute atomic E-state index is 11.0. The zero-order valence-electron chi connectivity index (χ0n) is 6.54. The first-order chi connectivity index (χ1) is 5.29. The molecule has 0 spiro atoms. The number of nitrogens with zero attached hydrogens (tertiary/aromatic N) is 1. The molecular formula is C8H11NO2. The van der Waals surface area contributed by atoms with Crippen molar-refractivity contribution in [2.24, 2.45) is 11.8 Å². The maximum atomic E-state index is 11.0. The van der Waals surface area contributed by atoms with Gasteiger partial charge in [-0.1, -0.05) is 0 Å². The van der Waals surface area contributed by atoms with Crippen molar-refractivity contribution >= 4 is 5.97 Å². The van der Waals surface area contributed by atoms with Gasteiger partial charge in [0.15, 0.2) is 0 Å². The molecule has 0 aliphatic heterocycles. The van der Waals surface area contributed by atoms with Gasteiger partial charge in [0.05, 0.1) is 24.5 Å². The first-order valence-electron chi connectivity index (χ1n) is 3.85. The van der Waals surface area contributed by atoms with Crippen LogP contribution in [-0.2, 0) is 9.53 Å². The fraction of sp³-hybridized carbons (Fsp3) is 0.750. The van der Waals surface area contributed by atoms with Gasteiger partial charge in [0, 0.05) is 0 Å². The Hall–Kier alpha value is -1.04. The third-order valence-corrected chi connectivity index (χ3v) is 2.03. The fourth-order valence-corrected chi connectivity index (χ4v) is 1.19. The SMILES string of the molecule is CCOC(=O)C1CCC1C#N. The highest BCUT2D eigenvalue weighted by molar-refractivity contribution is 5.74. The Bertz CT molecular complexity index is 195. The summed E-state index contributed by atoms with van der Waals surface area (Å²) in [4.78, 5) is 11.0. The van der Waals surface area contributed by atoms with Crippen molar-refractivity contribution in [3.05, 3.63) is 0 Å². The van der Waals surface area contributed by atoms with E-state index < -0.39 is 0 Å². The average Bonchev–Trinajstić information content (AvgIpc) is 1.86. The fourth-order valence-electron chi connectivity index (χ4n) is 1.19. The Morgan fingerprint density at radius 3 is 2.82 bits per heavy atom. The lowest BCUT2D eigenvalue weighted by atomic mass is 9.75. The molecule has 0 N–H and O–H groups in total. The van der Waals surface area contributed by atoms with Gasteiger partial charge in [0.25, 0.3) is 0 Å². The van der Waals surface area contributed by atoms with E-state index in [-0.39, 0.29) is 17.8 Å². The summed E-state index contributed by atoms with van der Waals surface area (Å²) in [6.45, 7) is 2.19. The Labute approximate surface area is 66.0 Å². The molecule has 0 aromatic rings. The number of hydrogen-bond donors (Lipinski definition) is 0. The summed E-state index contributed by atoms with van der Waals surface area (Å²) in [6.07, 6.45) is 1.66. The number of esters is 1. The van der Waals surface area contributed by atoms with Gasteiger partial charge < -0.3 is 4.74 Å². The Morgan fingerprint density at radius 1 is 1.73 bits per heavy atom. The molecule has 1 aliphatic carbocycles. The molecule has 1 fully saturated rings. The van der Waals surface area contributed by atoms with Gasteiger partial charge in [-0.15, -0.1) is 0 Å². The molecule has 3 nitrogen and oxygen atoms in total. The van der Waals surface area contributed by atoms with Gasteiger partial charge in [0.1, 0.15) is 0 Å². The summed E-state index contributed by atoms with van der Waals surface area (Å²) in [7, 11) is 0. The first-order valence-corrected chi connectivity index (χ1v) is 3.85. The van der Waals surface area contributed by atoms with Crippen LogP contribution in [0.1, 0.15) is 19.8 Å². The molecule has 60 valence electrons. The molecule has 0 heterocycles. The van der Waals surface area contributed by atoms with Crippen LogP contribution in [0.5, 0.6) is 0 Å². The van der Waals surface area contributed by atoms with Gasteiger partial charge >= 0.3 is 5.97 Å². The summed E-state index contributed by atoms with van der Waals surface area (Å²) in [5.41, 5.74) is 0. The predicted octanol–water partition coefficient (Wildman–Crippen LogP) is 1.10. The van der Waals surface area contributed by atoms with Gasteiger partial charge in [-0.05, 0) is 19.8 Å². The smallest absolute Gasteiger partial charge is 0.310 e. The molecule has 0 amide bonds. The van der Waals surface area contributed by atoms with Crippen LogP contribution in [0.25, 0.3) is 0 Å². The lowest BCUT2D eigenvalue weighted by molar-refractivity contribution is -0.152. The number of hydrogen-bond acceptors (Lipinski definition) is 3. The predicted molar refractivity (Wildman–Crippen MR) is 38.5 cm³/mol. The number of carbonyl (C=O) groups excluding carboxylic acids is 1. The molecule has 0 saturated heterocycles. The van der Waals surface area contributed by atoms with Crippen LogP contribution in [0.3, 0.4) is 0 Å². The van der Waals surface area contributed by atoms with Crippen molar-refractivity contribution in [1.29, 1.82) is 5.26 Å². The quantitative estimate of drug-likeness (QED) is 0.558. The van der Waals surface area contributed by atoms with Crippen molar-refractivity contribution < 1.29 is 9.53 Å². The zero-order chi connectivity index (χ0) is 8.27. The third kappa shape index (κ3) is 1.51. The second kappa shape index (κ2) is 3.38. The topological polar surface area (TPSA) is 50.1 Å². The van der Waals surface area contributed by atoms with Gasteiger partial charge in [-0.2, -0.15) is 5.26 Å². The minimum atomic E-state index is -0.203. The van der Waals surface area contributed by atoms with E-state index in [1.807, 2.05) is 0 Å². The van der Waals surface area contributed by atoms with E-state index in [2.05, 4.69) is 6.07 Å². The van der Waals surface area contributed by atoms with Gasteiger partial charge in [0.2, 0.25) is 0 Å². The molecule has 0 bridgehead atoms. The Kier molecular flexibility index (Phi) is 2.48. The highest BCUT2D eigenvalue weighted by Gasteiger charge is 2.37. The van der Waals surface area contributed by atoms with E-state index in [1.54, 1.807) is 6.92 Å². The lowest BCUT2D eigenvalue weighted by Gasteiger charge is -2.28. The van der Waals surface area contributed by atoms with Crippen molar-refractivity contribution in [3.8, 4) is 6.07 Å². The van der Waals surface area contributed by atoms with Crippen LogP contribution in [0.15, 0.2) is 0 Å². The number of carbonyl (C=O) groups is 1. The van der Waals surface area contributed by atoms with E-state index in [0.717, 1.165) is 12.8 Å². The van der Waals surface area contributed by atoms with Crippen LogP contribution in [0, 0.1) is 23.2 Å². The summed E-state index contributed by atoms with van der Waals surface area (Å²) >= 11 is 0. The minimum absolute atomic E-state index is 0.0888. The van der Waals surface area contributed by atoms with E-state index >= 15 is 0 Å². The molecule has 0 aromatic carbocycles. The molecule has 2 atom stereocenters. The van der Waals surface area contributed by atoms with Crippen molar-refractivity contribution in [2.45, 2.75) is 19.8 Å². The molecule has 0 radical (unpaired) electrons. The Morgan fingerprint density at radius 2 is 2.45 bits per heavy atom. The van der Waals surface area contributed by atoms with Crippen LogP contribution >= 0.6 is 0 Å². The monoisotopic (exact) mass is 153 g/mol. The van der Waals surface area contributed by atoms with Crippen LogP contribution in [0.2, 0.25) is 0 Å².